The number of esters is 1. The minimum atomic E-state index is -0.887. The number of para-hydroxylation sites is 1. The molecule has 0 spiro atoms. The topological polar surface area (TPSA) is 56.3 Å². The maximum absolute atomic E-state index is 13.0. The quantitative estimate of drug-likeness (QED) is 0.288. The Morgan fingerprint density at radius 1 is 1.03 bits per heavy atom. The van der Waals surface area contributed by atoms with Crippen molar-refractivity contribution in [2.45, 2.75) is 26.4 Å². The molecule has 30 heavy (non-hydrogen) atoms. The minimum Gasteiger partial charge on any atom is -0.451 e. The number of benzene rings is 2. The van der Waals surface area contributed by atoms with Crippen LogP contribution in [0.25, 0.3) is 21.5 Å². The maximum atomic E-state index is 13.0. The Bertz CT molecular complexity index is 1200. The van der Waals surface area contributed by atoms with Gasteiger partial charge >= 0.3 is 5.97 Å². The summed E-state index contributed by atoms with van der Waals surface area (Å²) in [5, 5.41) is 2.67. The van der Waals surface area contributed by atoms with Gasteiger partial charge in [0.15, 0.2) is 6.10 Å². The van der Waals surface area contributed by atoms with Gasteiger partial charge < -0.3 is 4.74 Å². The summed E-state index contributed by atoms with van der Waals surface area (Å²) in [5.74, 6) is -0.750. The van der Waals surface area contributed by atoms with Crippen LogP contribution < -0.4 is 0 Å². The first-order valence-electron chi connectivity index (χ1n) is 9.84. The van der Waals surface area contributed by atoms with Gasteiger partial charge in [-0.1, -0.05) is 55.5 Å². The number of carbonyl (C=O) groups is 2. The van der Waals surface area contributed by atoms with E-state index in [1.165, 1.54) is 0 Å². The van der Waals surface area contributed by atoms with E-state index in [0.29, 0.717) is 27.7 Å². The third kappa shape index (κ3) is 4.02. The molecule has 2 aromatic carbocycles. The molecule has 0 saturated heterocycles. The van der Waals surface area contributed by atoms with Gasteiger partial charge in [-0.05, 0) is 42.5 Å². The Labute approximate surface area is 179 Å². The van der Waals surface area contributed by atoms with Crippen molar-refractivity contribution < 1.29 is 14.3 Å². The smallest absolute Gasteiger partial charge is 0.339 e. The van der Waals surface area contributed by atoms with Crippen molar-refractivity contribution in [2.24, 2.45) is 0 Å². The Hall–Kier alpha value is -3.31. The van der Waals surface area contributed by atoms with Crippen molar-refractivity contribution >= 4 is 34.0 Å². The average molecular weight is 416 g/mol. The molecule has 4 nitrogen and oxygen atoms in total. The molecule has 2 aromatic heterocycles. The summed E-state index contributed by atoms with van der Waals surface area (Å²) in [7, 11) is 0. The number of pyridine rings is 1. The molecule has 0 amide bonds. The number of ketones is 1. The standard InChI is InChI=1S/C25H21NO3S/c1-3-17-10-12-18(13-11-17)24(27)16(2)29-25(28)20-15-22(23-9-6-14-30-23)26-21-8-5-4-7-19(20)21/h4-16H,3H2,1-2H3/t16-/m0/s1. The highest BCUT2D eigenvalue weighted by molar-refractivity contribution is 7.13. The van der Waals surface area contributed by atoms with E-state index in [9.17, 15) is 9.59 Å². The Morgan fingerprint density at radius 3 is 2.50 bits per heavy atom. The number of fused-ring (bicyclic) bond motifs is 1. The number of aromatic nitrogens is 1. The zero-order valence-electron chi connectivity index (χ0n) is 16.8. The number of carbonyl (C=O) groups excluding carboxylic acids is 2. The van der Waals surface area contributed by atoms with E-state index in [1.54, 1.807) is 36.5 Å². The number of aryl methyl sites for hydroxylation is 1. The molecular formula is C25H21NO3S. The third-order valence-electron chi connectivity index (χ3n) is 5.01. The van der Waals surface area contributed by atoms with Crippen LogP contribution in [0.4, 0.5) is 0 Å². The third-order valence-corrected chi connectivity index (χ3v) is 5.90. The average Bonchev–Trinajstić information content (AvgIpc) is 3.33. The molecule has 0 fully saturated rings. The van der Waals surface area contributed by atoms with Gasteiger partial charge in [0.2, 0.25) is 5.78 Å². The van der Waals surface area contributed by atoms with Crippen LogP contribution in [-0.2, 0) is 11.2 Å². The van der Waals surface area contributed by atoms with E-state index in [-0.39, 0.29) is 5.78 Å². The summed E-state index contributed by atoms with van der Waals surface area (Å²) in [4.78, 5) is 31.4. The Kier molecular flexibility index (Phi) is 5.72. The fourth-order valence-electron chi connectivity index (χ4n) is 3.31. The van der Waals surface area contributed by atoms with Crippen LogP contribution in [0.5, 0.6) is 0 Å². The van der Waals surface area contributed by atoms with Crippen molar-refractivity contribution in [3.8, 4) is 10.6 Å². The van der Waals surface area contributed by atoms with E-state index in [2.05, 4.69) is 11.9 Å². The van der Waals surface area contributed by atoms with Crippen LogP contribution >= 0.6 is 11.3 Å². The van der Waals surface area contributed by atoms with E-state index < -0.39 is 12.1 Å². The molecule has 1 atom stereocenters. The predicted molar refractivity (Wildman–Crippen MR) is 120 cm³/mol. The first kappa shape index (κ1) is 20.0. The van der Waals surface area contributed by atoms with Gasteiger partial charge in [0.1, 0.15) is 0 Å². The zero-order valence-corrected chi connectivity index (χ0v) is 17.6. The Balaban J connectivity index is 1.63. The molecule has 2 heterocycles. The highest BCUT2D eigenvalue weighted by Crippen LogP contribution is 2.28. The molecule has 0 aliphatic carbocycles. The highest BCUT2D eigenvalue weighted by Gasteiger charge is 2.22. The van der Waals surface area contributed by atoms with Crippen LogP contribution in [0.2, 0.25) is 0 Å². The van der Waals surface area contributed by atoms with Crippen molar-refractivity contribution in [2.75, 3.05) is 0 Å². The minimum absolute atomic E-state index is 0.220. The SMILES string of the molecule is CCc1ccc(C(=O)[C@H](C)OC(=O)c2cc(-c3cccs3)nc3ccccc23)cc1. The molecule has 0 aliphatic rings. The van der Waals surface area contributed by atoms with Crippen LogP contribution in [-0.4, -0.2) is 22.8 Å². The first-order chi connectivity index (χ1) is 14.6. The molecule has 4 rings (SSSR count). The van der Waals surface area contributed by atoms with Crippen LogP contribution in [0.1, 0.15) is 40.1 Å². The molecule has 0 saturated carbocycles. The monoisotopic (exact) mass is 415 g/mol. The van der Waals surface area contributed by atoms with E-state index in [0.717, 1.165) is 16.9 Å². The van der Waals surface area contributed by atoms with Gasteiger partial charge in [0.25, 0.3) is 0 Å². The largest absolute Gasteiger partial charge is 0.451 e. The van der Waals surface area contributed by atoms with Crippen molar-refractivity contribution in [3.63, 3.8) is 0 Å². The van der Waals surface area contributed by atoms with E-state index in [1.807, 2.05) is 53.9 Å². The number of nitrogens with zero attached hydrogens (tertiary/aromatic N) is 1. The lowest BCUT2D eigenvalue weighted by Gasteiger charge is -2.14. The predicted octanol–water partition coefficient (Wildman–Crippen LogP) is 5.95. The van der Waals surface area contributed by atoms with Gasteiger partial charge in [0.05, 0.1) is 21.7 Å². The lowest BCUT2D eigenvalue weighted by Crippen LogP contribution is -2.24. The maximum Gasteiger partial charge on any atom is 0.339 e. The summed E-state index contributed by atoms with van der Waals surface area (Å²) in [6, 6.07) is 20.5. The molecule has 0 radical (unpaired) electrons. The summed E-state index contributed by atoms with van der Waals surface area (Å²) >= 11 is 1.56. The Morgan fingerprint density at radius 2 is 1.80 bits per heavy atom. The molecule has 0 aliphatic heterocycles. The molecular weight excluding hydrogens is 394 g/mol. The van der Waals surface area contributed by atoms with Gasteiger partial charge in [-0.15, -0.1) is 11.3 Å². The van der Waals surface area contributed by atoms with Crippen LogP contribution in [0.15, 0.2) is 72.1 Å². The number of Topliss-reactive ketones (excluding diaryl/α,β-unsaturated/α-hetero) is 1. The van der Waals surface area contributed by atoms with E-state index >= 15 is 0 Å². The number of hydrogen-bond acceptors (Lipinski definition) is 5. The first-order valence-corrected chi connectivity index (χ1v) is 10.7. The normalized spacial score (nSPS) is 11.9. The fraction of sp³-hybridized carbons (Fsp3) is 0.160. The number of rotatable bonds is 6. The molecule has 5 heteroatoms. The molecule has 0 N–H and O–H groups in total. The molecule has 0 bridgehead atoms. The van der Waals surface area contributed by atoms with Gasteiger partial charge in [0, 0.05) is 10.9 Å². The lowest BCUT2D eigenvalue weighted by molar-refractivity contribution is 0.0320. The summed E-state index contributed by atoms with van der Waals surface area (Å²) in [6.07, 6.45) is 0.0165. The summed E-state index contributed by atoms with van der Waals surface area (Å²) in [6.45, 7) is 3.67. The second-order valence-electron chi connectivity index (χ2n) is 7.01. The summed E-state index contributed by atoms with van der Waals surface area (Å²) in [5.41, 5.74) is 3.52. The van der Waals surface area contributed by atoms with Crippen LogP contribution in [0, 0.1) is 0 Å². The summed E-state index contributed by atoms with van der Waals surface area (Å²) < 4.78 is 5.58. The number of thiophene rings is 1. The zero-order chi connectivity index (χ0) is 21.1. The number of hydrogen-bond donors (Lipinski definition) is 0. The second kappa shape index (κ2) is 8.59. The number of ether oxygens (including phenoxy) is 1. The van der Waals surface area contributed by atoms with Gasteiger partial charge in [-0.3, -0.25) is 4.79 Å². The highest BCUT2D eigenvalue weighted by atomic mass is 32.1. The van der Waals surface area contributed by atoms with Crippen molar-refractivity contribution in [3.05, 3.63) is 88.8 Å². The van der Waals surface area contributed by atoms with Gasteiger partial charge in [-0.25, -0.2) is 9.78 Å². The van der Waals surface area contributed by atoms with Crippen LogP contribution in [0.3, 0.4) is 0 Å². The van der Waals surface area contributed by atoms with Gasteiger partial charge in [-0.2, -0.15) is 0 Å². The van der Waals surface area contributed by atoms with Crippen molar-refractivity contribution in [1.29, 1.82) is 0 Å². The second-order valence-corrected chi connectivity index (χ2v) is 7.96. The fourth-order valence-corrected chi connectivity index (χ4v) is 4.00. The molecule has 150 valence electrons. The van der Waals surface area contributed by atoms with Crippen molar-refractivity contribution in [1.82, 2.24) is 4.98 Å². The van der Waals surface area contributed by atoms with E-state index in [4.69, 9.17) is 4.74 Å². The molecule has 4 aromatic rings. The lowest BCUT2D eigenvalue weighted by atomic mass is 10.0. The molecule has 0 unspecified atom stereocenters.